The summed E-state index contributed by atoms with van der Waals surface area (Å²) in [7, 11) is 24.8. The first-order valence-corrected chi connectivity index (χ1v) is 57.2. The standard InChI is InChI=1S/2C8H16.C7H14.C6H12.4C5H11N.4C4H9N.4CH3.4ClH.4W/c1-7(2)8-5-3-4-6-8;1-2-5-8-6-3-4-7-8;1-2-7-5-3-4-6-7;1-6-4-2-3-5-6;4*1-4-5(2,3)6;4*1-4(2,3)5;;;;;;;;;;;;/h7-8H,3-6H2,1-2H3;8H,2-7H2,1H3;7H,2-6H2,1H3;6H,2-5H2,1H3;4*4H2,1-3H3;4*1-3H3;4*1H3;4*1H;;;;/q;;;;;;;;;;;;4*-1;;;;;4*+1/p-4. The molecule has 4 fully saturated rings. The maximum absolute atomic E-state index is 6.19. The topological polar surface area (TPSA) is 98.9 Å². The van der Waals surface area contributed by atoms with Gasteiger partial charge in [0, 0.05) is 0 Å². The van der Waals surface area contributed by atoms with Gasteiger partial charge in [0.05, 0.1) is 0 Å². The second-order valence-electron chi connectivity index (χ2n) is 30.1. The van der Waals surface area contributed by atoms with E-state index in [9.17, 15) is 0 Å². The van der Waals surface area contributed by atoms with Crippen LogP contribution in [0.25, 0.3) is 0 Å². The Balaban J connectivity index is -0.000000133. The monoisotopic (exact) mass is 1970 g/mol. The predicted octanol–water partition coefficient (Wildman–Crippen LogP) is 28.8. The van der Waals surface area contributed by atoms with Gasteiger partial charge in [-0.1, -0.05) is 157 Å². The molecular weight excluding hydrogens is 1820 g/mol. The van der Waals surface area contributed by atoms with Crippen molar-refractivity contribution >= 4 is 37.7 Å². The smallest absolute Gasteiger partial charge is 0.0414 e. The van der Waals surface area contributed by atoms with Gasteiger partial charge in [-0.25, -0.2) is 0 Å². The van der Waals surface area contributed by atoms with Crippen LogP contribution in [0.1, 0.15) is 348 Å². The summed E-state index contributed by atoms with van der Waals surface area (Å²) in [6.45, 7) is 62.0. The van der Waals surface area contributed by atoms with E-state index in [0.717, 1.165) is 55.3 Å². The molecule has 4 aliphatic rings. The van der Waals surface area contributed by atoms with Crippen molar-refractivity contribution in [2.45, 2.75) is 393 Å². The first-order chi connectivity index (χ1) is 36.7. The molecule has 0 spiro atoms. The van der Waals surface area contributed by atoms with Gasteiger partial charge < -0.3 is 29.7 Å². The molecule has 0 N–H and O–H groups in total. The number of rotatable bonds is 12. The second kappa shape index (κ2) is 53.5. The van der Waals surface area contributed by atoms with E-state index in [1.807, 2.05) is 0 Å². The van der Waals surface area contributed by atoms with E-state index >= 15 is 0 Å². The molecule has 0 bridgehead atoms. The van der Waals surface area contributed by atoms with Gasteiger partial charge in [-0.3, -0.25) is 0 Å². The summed E-state index contributed by atoms with van der Waals surface area (Å²) < 4.78 is 36.6. The Hall–Kier alpha value is 2.31. The van der Waals surface area contributed by atoms with E-state index in [1.165, 1.54) is 122 Å². The van der Waals surface area contributed by atoms with Crippen LogP contribution in [0.2, 0.25) is 0 Å². The molecule has 0 aromatic carbocycles. The van der Waals surface area contributed by atoms with Crippen molar-refractivity contribution in [3.05, 3.63) is 29.7 Å². The zero-order valence-corrected chi connectivity index (χ0v) is 77.6. The summed E-state index contributed by atoms with van der Waals surface area (Å²) in [6, 6.07) is 0. The Bertz CT molecular complexity index is 1750. The quantitative estimate of drug-likeness (QED) is 0.174. The average molecular weight is 1970 g/mol. The molecule has 0 saturated heterocycles. The zero-order valence-electron chi connectivity index (χ0n) is 62.9. The molecule has 4 rings (SSSR count). The molecule has 0 aromatic heterocycles. The fourth-order valence-corrected chi connectivity index (χ4v) is 35.6. The van der Waals surface area contributed by atoms with E-state index in [-0.39, 0.29) is 74.0 Å². The third-order valence-electron chi connectivity index (χ3n) is 14.4. The van der Waals surface area contributed by atoms with Crippen molar-refractivity contribution < 1.29 is 63.6 Å². The van der Waals surface area contributed by atoms with Crippen LogP contribution in [0.3, 0.4) is 0 Å². The van der Waals surface area contributed by atoms with Crippen LogP contribution >= 0.6 is 37.7 Å². The molecule has 4 aliphatic carbocycles. The van der Waals surface area contributed by atoms with Crippen LogP contribution in [0.5, 0.6) is 0 Å². The Morgan fingerprint density at radius 1 is 0.341 bits per heavy atom. The Labute approximate surface area is 575 Å². The van der Waals surface area contributed by atoms with Gasteiger partial charge >= 0.3 is 365 Å². The first kappa shape index (κ1) is 103. The molecule has 0 aromatic rings. The van der Waals surface area contributed by atoms with Crippen LogP contribution in [0, 0.1) is 59.3 Å². The number of hydrogen-bond acceptors (Lipinski definition) is 8. The summed E-state index contributed by atoms with van der Waals surface area (Å²) in [5.41, 5.74) is -0.0273. The van der Waals surface area contributed by atoms with Gasteiger partial charge in [0.1, 0.15) is 0 Å². The summed E-state index contributed by atoms with van der Waals surface area (Å²) in [4.78, 5) is 0. The summed E-state index contributed by atoms with van der Waals surface area (Å²) in [5.74, 6) is 5.26. The molecule has 85 heavy (non-hydrogen) atoms. The zero-order chi connectivity index (χ0) is 64.1. The van der Waals surface area contributed by atoms with Crippen LogP contribution in [-0.2, 0) is 63.6 Å². The molecule has 8 nitrogen and oxygen atoms in total. The summed E-state index contributed by atoms with van der Waals surface area (Å²) in [5, 5.41) is 0. The van der Waals surface area contributed by atoms with Gasteiger partial charge in [0.25, 0.3) is 0 Å². The van der Waals surface area contributed by atoms with Gasteiger partial charge in [-0.05, 0) is 29.6 Å². The van der Waals surface area contributed by atoms with E-state index in [4.69, 9.17) is 37.7 Å². The molecular formula is C69H150Cl4N8W4-4. The minimum absolute atomic E-state index is 0. The third kappa shape index (κ3) is 73.6. The van der Waals surface area contributed by atoms with Crippen molar-refractivity contribution in [2.75, 3.05) is 0 Å². The normalized spacial score (nSPS) is 17.2. The minimum Gasteiger partial charge on any atom is -0.358 e. The Morgan fingerprint density at radius 3 is 0.694 bits per heavy atom. The molecule has 0 unspecified atom stereocenters. The van der Waals surface area contributed by atoms with E-state index < -0.39 is 63.6 Å². The first-order valence-electron chi connectivity index (χ1n) is 32.2. The number of hydrogen-bond donors (Lipinski definition) is 0. The Kier molecular flexibility index (Phi) is 65.1. The number of halogens is 4. The minimum atomic E-state index is -2.28. The van der Waals surface area contributed by atoms with Gasteiger partial charge in [0.15, 0.2) is 0 Å². The molecule has 0 radical (unpaired) electrons. The van der Waals surface area contributed by atoms with Crippen molar-refractivity contribution in [1.29, 1.82) is 0 Å². The van der Waals surface area contributed by atoms with Crippen LogP contribution in [0.15, 0.2) is 28.0 Å². The Morgan fingerprint density at radius 2 is 0.553 bits per heavy atom. The maximum atomic E-state index is 6.19. The molecule has 0 atom stereocenters. The molecule has 522 valence electrons. The average Bonchev–Trinajstić information content (AvgIpc) is 4.15. The molecule has 0 amide bonds. The molecule has 16 heteroatoms. The van der Waals surface area contributed by atoms with Crippen molar-refractivity contribution in [2.24, 2.45) is 57.6 Å². The summed E-state index contributed by atoms with van der Waals surface area (Å²) >= 11 is -9.11. The van der Waals surface area contributed by atoms with Crippen molar-refractivity contribution in [1.82, 2.24) is 0 Å². The van der Waals surface area contributed by atoms with Crippen LogP contribution in [-0.4, -0.2) is 44.3 Å². The van der Waals surface area contributed by atoms with Gasteiger partial charge in [-0.2, -0.15) is 0 Å². The van der Waals surface area contributed by atoms with Crippen molar-refractivity contribution in [3.8, 4) is 0 Å². The molecule has 4 saturated carbocycles. The van der Waals surface area contributed by atoms with E-state index in [1.54, 1.807) is 0 Å². The van der Waals surface area contributed by atoms with E-state index in [2.05, 4.69) is 229 Å². The van der Waals surface area contributed by atoms with Crippen molar-refractivity contribution in [3.63, 3.8) is 0 Å². The van der Waals surface area contributed by atoms with Gasteiger partial charge in [-0.15, -0.1) is 0 Å². The second-order valence-corrected chi connectivity index (χ2v) is 50.7. The third-order valence-corrected chi connectivity index (χ3v) is 38.2. The molecule has 0 heterocycles. The van der Waals surface area contributed by atoms with Gasteiger partial charge in [0.2, 0.25) is 0 Å². The predicted molar refractivity (Wildman–Crippen MR) is 379 cm³/mol. The molecule has 0 aliphatic heterocycles. The fraction of sp³-hybridized carbons (Fsp3) is 0.942. The van der Waals surface area contributed by atoms with Crippen LogP contribution < -0.4 is 0 Å². The summed E-state index contributed by atoms with van der Waals surface area (Å²) in [6.07, 6.45) is 32.4. The van der Waals surface area contributed by atoms with Crippen LogP contribution in [0.4, 0.5) is 0 Å². The largest absolute Gasteiger partial charge is 0.358 e. The SMILES string of the molecule is CC(C)C1CCCC1.CC1CCCC1.CCC(C)(C)[N]=[W]([Cl])=[N]C(C)(C)C.CCC(C)(C)[N]=[W]([Cl])=[N]C(C)(C)C.CCC(C)(C)[N]=[W]([Cl])=[N]C(C)(C)C.CCC(C)(C)[N]=[W]([Cl])=[N]C(C)(C)C.CCC1CCCC1.CCCC1CCCC1.[CH3-].[CH3-].[CH3-].[CH3-]. The maximum Gasteiger partial charge on any atom is -0.0414 e. The number of nitrogens with zero attached hydrogens (tertiary/aromatic N) is 8. The fourth-order valence-electron chi connectivity index (χ4n) is 7.94. The van der Waals surface area contributed by atoms with E-state index in [0.29, 0.717) is 0 Å².